The summed E-state index contributed by atoms with van der Waals surface area (Å²) >= 11 is 0. The second kappa shape index (κ2) is 13.0. The highest BCUT2D eigenvalue weighted by molar-refractivity contribution is 5.80. The lowest BCUT2D eigenvalue weighted by Crippen LogP contribution is -2.47. The minimum Gasteiger partial charge on any atom is -0.484 e. The molecule has 0 radical (unpaired) electrons. The van der Waals surface area contributed by atoms with E-state index in [0.717, 1.165) is 63.6 Å². The molecule has 0 spiro atoms. The number of carbonyl (C=O) groups is 1. The number of nitrogens with two attached hydrogens (primary N) is 1. The van der Waals surface area contributed by atoms with Crippen LogP contribution in [0, 0.1) is 0 Å². The van der Waals surface area contributed by atoms with E-state index >= 15 is 0 Å². The van der Waals surface area contributed by atoms with E-state index in [2.05, 4.69) is 17.1 Å². The Morgan fingerprint density at radius 1 is 1.31 bits per heavy atom. The molecule has 8 nitrogen and oxygen atoms in total. The van der Waals surface area contributed by atoms with Crippen LogP contribution in [-0.2, 0) is 20.8 Å². The molecule has 1 aromatic rings. The van der Waals surface area contributed by atoms with Crippen LogP contribution in [0.1, 0.15) is 31.7 Å². The van der Waals surface area contributed by atoms with Crippen molar-refractivity contribution in [2.45, 2.75) is 38.8 Å². The number of nitrogens with zero attached hydrogens (tertiary/aromatic N) is 2. The van der Waals surface area contributed by atoms with Gasteiger partial charge in [-0.05, 0) is 43.9 Å². The molecule has 0 aromatic heterocycles. The first kappa shape index (κ1) is 23.0. The maximum atomic E-state index is 10.9. The predicted octanol–water partition coefficient (Wildman–Crippen LogP) is 1.53. The molecule has 3 N–H and O–H groups in total. The molecular weight excluding hydrogens is 372 g/mol. The van der Waals surface area contributed by atoms with Crippen LogP contribution in [0.2, 0.25) is 0 Å². The molecule has 1 heterocycles. The Morgan fingerprint density at radius 2 is 2.10 bits per heavy atom. The Labute approximate surface area is 173 Å². The number of hydrogen-bond acceptors (Lipinski definition) is 5. The number of primary amides is 1. The normalized spacial score (nSPS) is 15.4. The van der Waals surface area contributed by atoms with Gasteiger partial charge in [0.1, 0.15) is 5.75 Å². The van der Waals surface area contributed by atoms with Crippen LogP contribution in [0.25, 0.3) is 0 Å². The van der Waals surface area contributed by atoms with E-state index in [1.165, 1.54) is 0 Å². The first-order valence-corrected chi connectivity index (χ1v) is 10.3. The molecule has 1 aliphatic heterocycles. The first-order chi connectivity index (χ1) is 14.1. The number of guanidine groups is 1. The number of nitrogens with one attached hydrogen (secondary N) is 1. The van der Waals surface area contributed by atoms with Crippen LogP contribution < -0.4 is 15.8 Å². The highest BCUT2D eigenvalue weighted by Gasteiger charge is 2.21. The molecule has 0 unspecified atom stereocenters. The van der Waals surface area contributed by atoms with Crippen molar-refractivity contribution >= 4 is 11.9 Å². The average Bonchev–Trinajstić information content (AvgIpc) is 2.73. The number of piperidine rings is 1. The van der Waals surface area contributed by atoms with Crippen molar-refractivity contribution in [2.75, 3.05) is 46.6 Å². The van der Waals surface area contributed by atoms with Gasteiger partial charge in [0.15, 0.2) is 12.6 Å². The average molecular weight is 407 g/mol. The molecule has 1 fully saturated rings. The number of carbonyl (C=O) groups excluding carboxylic acids is 1. The standard InChI is InChI=1S/C21H34N4O4/c1-3-23-21(25-10-8-18(9-11-25)28-13-5-12-27-2)24-15-17-6-4-7-19(14-17)29-16-20(22)26/h4,6-7,14,18H,3,5,8-13,15-16H2,1-2H3,(H2,22,26)(H,23,24). The fraction of sp³-hybridized carbons (Fsp3) is 0.619. The first-order valence-electron chi connectivity index (χ1n) is 10.3. The molecule has 2 rings (SSSR count). The maximum absolute atomic E-state index is 10.9. The molecular formula is C21H34N4O4. The summed E-state index contributed by atoms with van der Waals surface area (Å²) in [4.78, 5) is 17.9. The van der Waals surface area contributed by atoms with Gasteiger partial charge in [-0.1, -0.05) is 12.1 Å². The number of hydrogen-bond donors (Lipinski definition) is 2. The third kappa shape index (κ3) is 8.70. The van der Waals surface area contributed by atoms with Gasteiger partial charge in [-0.3, -0.25) is 4.79 Å². The van der Waals surface area contributed by atoms with Gasteiger partial charge in [-0.2, -0.15) is 0 Å². The van der Waals surface area contributed by atoms with Crippen LogP contribution in [0.5, 0.6) is 5.75 Å². The topological polar surface area (TPSA) is 98.4 Å². The van der Waals surface area contributed by atoms with Gasteiger partial charge in [-0.25, -0.2) is 4.99 Å². The molecule has 162 valence electrons. The van der Waals surface area contributed by atoms with Crippen molar-refractivity contribution < 1.29 is 19.0 Å². The number of methoxy groups -OCH3 is 1. The van der Waals surface area contributed by atoms with E-state index in [0.29, 0.717) is 18.4 Å². The summed E-state index contributed by atoms with van der Waals surface area (Å²) in [5.74, 6) is 1.04. The van der Waals surface area contributed by atoms with Gasteiger partial charge in [0.2, 0.25) is 0 Å². The molecule has 29 heavy (non-hydrogen) atoms. The summed E-state index contributed by atoms with van der Waals surface area (Å²) in [5, 5.41) is 3.38. The Morgan fingerprint density at radius 3 is 2.79 bits per heavy atom. The van der Waals surface area contributed by atoms with Crippen LogP contribution >= 0.6 is 0 Å². The van der Waals surface area contributed by atoms with Crippen molar-refractivity contribution in [1.29, 1.82) is 0 Å². The molecule has 1 amide bonds. The van der Waals surface area contributed by atoms with Crippen LogP contribution in [-0.4, -0.2) is 69.4 Å². The van der Waals surface area contributed by atoms with Crippen LogP contribution in [0.15, 0.2) is 29.3 Å². The number of benzene rings is 1. The monoisotopic (exact) mass is 406 g/mol. The Balaban J connectivity index is 1.87. The van der Waals surface area contributed by atoms with E-state index in [1.807, 2.05) is 18.2 Å². The third-order valence-electron chi connectivity index (χ3n) is 4.61. The summed E-state index contributed by atoms with van der Waals surface area (Å²) in [7, 11) is 1.71. The molecule has 1 aromatic carbocycles. The Bertz CT molecular complexity index is 645. The van der Waals surface area contributed by atoms with Crippen molar-refractivity contribution in [2.24, 2.45) is 10.7 Å². The van der Waals surface area contributed by atoms with Gasteiger partial charge < -0.3 is 30.2 Å². The van der Waals surface area contributed by atoms with E-state index in [-0.39, 0.29) is 6.61 Å². The van der Waals surface area contributed by atoms with E-state index in [9.17, 15) is 4.79 Å². The zero-order valence-electron chi connectivity index (χ0n) is 17.6. The largest absolute Gasteiger partial charge is 0.484 e. The number of ether oxygens (including phenoxy) is 3. The van der Waals surface area contributed by atoms with Gasteiger partial charge in [0, 0.05) is 40.0 Å². The second-order valence-electron chi connectivity index (χ2n) is 6.98. The van der Waals surface area contributed by atoms with Crippen molar-refractivity contribution in [3.8, 4) is 5.75 Å². The summed E-state index contributed by atoms with van der Waals surface area (Å²) < 4.78 is 16.4. The fourth-order valence-electron chi connectivity index (χ4n) is 3.17. The molecule has 0 bridgehead atoms. The van der Waals surface area contributed by atoms with Gasteiger partial charge >= 0.3 is 0 Å². The summed E-state index contributed by atoms with van der Waals surface area (Å²) in [6, 6.07) is 7.57. The Hall–Kier alpha value is -2.32. The molecule has 0 atom stereocenters. The van der Waals surface area contributed by atoms with Gasteiger partial charge in [0.05, 0.1) is 12.6 Å². The molecule has 0 saturated carbocycles. The maximum Gasteiger partial charge on any atom is 0.255 e. The van der Waals surface area contributed by atoms with E-state index in [1.54, 1.807) is 13.2 Å². The van der Waals surface area contributed by atoms with Crippen molar-refractivity contribution in [3.05, 3.63) is 29.8 Å². The van der Waals surface area contributed by atoms with Gasteiger partial charge in [-0.15, -0.1) is 0 Å². The lowest BCUT2D eigenvalue weighted by molar-refractivity contribution is -0.119. The summed E-state index contributed by atoms with van der Waals surface area (Å²) in [6.45, 7) is 6.62. The smallest absolute Gasteiger partial charge is 0.255 e. The minimum absolute atomic E-state index is 0.127. The van der Waals surface area contributed by atoms with E-state index < -0.39 is 5.91 Å². The van der Waals surface area contributed by atoms with Crippen molar-refractivity contribution in [3.63, 3.8) is 0 Å². The van der Waals surface area contributed by atoms with Crippen LogP contribution in [0.4, 0.5) is 0 Å². The zero-order valence-corrected chi connectivity index (χ0v) is 17.6. The molecule has 8 heteroatoms. The number of rotatable bonds is 11. The minimum atomic E-state index is -0.492. The second-order valence-corrected chi connectivity index (χ2v) is 6.98. The molecule has 0 aliphatic carbocycles. The fourth-order valence-corrected chi connectivity index (χ4v) is 3.17. The number of aliphatic imine (C=N–C) groups is 1. The lowest BCUT2D eigenvalue weighted by atomic mass is 10.1. The van der Waals surface area contributed by atoms with Gasteiger partial charge in [0.25, 0.3) is 5.91 Å². The predicted molar refractivity (Wildman–Crippen MR) is 113 cm³/mol. The third-order valence-corrected chi connectivity index (χ3v) is 4.61. The van der Waals surface area contributed by atoms with Crippen molar-refractivity contribution in [1.82, 2.24) is 10.2 Å². The number of amides is 1. The highest BCUT2D eigenvalue weighted by Crippen LogP contribution is 2.16. The lowest BCUT2D eigenvalue weighted by Gasteiger charge is -2.34. The highest BCUT2D eigenvalue weighted by atomic mass is 16.5. The molecule has 1 saturated heterocycles. The Kier molecular flexibility index (Phi) is 10.3. The zero-order chi connectivity index (χ0) is 20.9. The summed E-state index contributed by atoms with van der Waals surface area (Å²) in [5.41, 5.74) is 6.14. The molecule has 1 aliphatic rings. The van der Waals surface area contributed by atoms with E-state index in [4.69, 9.17) is 24.9 Å². The number of likely N-dealkylation sites (tertiary alicyclic amines) is 1. The summed E-state index contributed by atoms with van der Waals surface area (Å²) in [6.07, 6.45) is 3.23. The quantitative estimate of drug-likeness (QED) is 0.329. The van der Waals surface area contributed by atoms with Crippen LogP contribution in [0.3, 0.4) is 0 Å². The SMILES string of the molecule is CCNC(=NCc1cccc(OCC(N)=O)c1)N1CCC(OCCCOC)CC1.